The van der Waals surface area contributed by atoms with Gasteiger partial charge in [-0.05, 0) is 61.2 Å². The van der Waals surface area contributed by atoms with Gasteiger partial charge in [0.1, 0.15) is 11.3 Å². The monoisotopic (exact) mass is 358 g/mol. The Kier molecular flexibility index (Phi) is 5.11. The number of hydrogen-bond acceptors (Lipinski definition) is 3. The number of nitrogens with zero attached hydrogens (tertiary/aromatic N) is 1. The average molecular weight is 358 g/mol. The first-order chi connectivity index (χ1) is 12.5. The van der Waals surface area contributed by atoms with Crippen molar-refractivity contribution in [3.05, 3.63) is 78.1 Å². The summed E-state index contributed by atoms with van der Waals surface area (Å²) < 4.78 is 43.9. The van der Waals surface area contributed by atoms with Crippen molar-refractivity contribution in [1.82, 2.24) is 10.3 Å². The number of aromatic nitrogens is 1. The van der Waals surface area contributed by atoms with E-state index in [1.807, 2.05) is 43.5 Å². The third-order valence-corrected chi connectivity index (χ3v) is 3.73. The van der Waals surface area contributed by atoms with Gasteiger partial charge in [0.15, 0.2) is 5.75 Å². The molecule has 0 atom stereocenters. The van der Waals surface area contributed by atoms with Gasteiger partial charge in [0.05, 0.1) is 5.56 Å². The van der Waals surface area contributed by atoms with Crippen molar-refractivity contribution in [2.24, 2.45) is 0 Å². The van der Waals surface area contributed by atoms with E-state index in [1.54, 1.807) is 6.20 Å². The zero-order valence-corrected chi connectivity index (χ0v) is 14.0. The summed E-state index contributed by atoms with van der Waals surface area (Å²) in [5.74, 6) is 0.823. The summed E-state index contributed by atoms with van der Waals surface area (Å²) in [4.78, 5) is 4.33. The van der Waals surface area contributed by atoms with Crippen LogP contribution in [0.3, 0.4) is 0 Å². The second-order valence-corrected chi connectivity index (χ2v) is 5.67. The number of pyridine rings is 1. The largest absolute Gasteiger partial charge is 0.455 e. The molecule has 26 heavy (non-hydrogen) atoms. The quantitative estimate of drug-likeness (QED) is 0.638. The number of rotatable bonds is 5. The molecule has 0 fully saturated rings. The minimum atomic E-state index is -4.37. The van der Waals surface area contributed by atoms with E-state index in [9.17, 15) is 13.2 Å². The Hall–Kier alpha value is -3.02. The third kappa shape index (κ3) is 4.14. The summed E-state index contributed by atoms with van der Waals surface area (Å²) in [5, 5.41) is 4.05. The highest BCUT2D eigenvalue weighted by molar-refractivity contribution is 5.85. The van der Waals surface area contributed by atoms with E-state index in [4.69, 9.17) is 4.74 Å². The molecule has 2 aromatic carbocycles. The van der Waals surface area contributed by atoms with Crippen molar-refractivity contribution in [3.8, 4) is 11.5 Å². The molecule has 1 heterocycles. The summed E-state index contributed by atoms with van der Waals surface area (Å²) in [6.07, 6.45) is 1.01. The number of allylic oxidation sites excluding steroid dienone is 1. The molecule has 1 aromatic heterocycles. The number of alkyl halides is 3. The molecule has 1 N–H and O–H groups in total. The minimum absolute atomic E-state index is 0.323. The zero-order valence-electron chi connectivity index (χ0n) is 14.0. The molecular formula is C20H17F3N2O. The molecule has 0 unspecified atom stereocenters. The van der Waals surface area contributed by atoms with Crippen LogP contribution in [0, 0.1) is 0 Å². The standard InChI is InChI=1S/C20H17F3N2O/c1-2-9-24-13-14-11-15-4-3-10-25-19(15)18(12-14)26-17-7-5-16(6-8-17)20(21,22)23/h2-12,24H,13H2,1H3. The summed E-state index contributed by atoms with van der Waals surface area (Å²) >= 11 is 0. The van der Waals surface area contributed by atoms with Crippen LogP contribution in [0.25, 0.3) is 10.9 Å². The average Bonchev–Trinajstić information content (AvgIpc) is 2.62. The molecular weight excluding hydrogens is 341 g/mol. The first-order valence-corrected chi connectivity index (χ1v) is 8.04. The van der Waals surface area contributed by atoms with E-state index in [0.29, 0.717) is 23.6 Å². The second-order valence-electron chi connectivity index (χ2n) is 5.67. The van der Waals surface area contributed by atoms with Crippen LogP contribution in [0.2, 0.25) is 0 Å². The Morgan fingerprint density at radius 2 is 1.88 bits per heavy atom. The van der Waals surface area contributed by atoms with E-state index in [0.717, 1.165) is 23.1 Å². The van der Waals surface area contributed by atoms with Gasteiger partial charge in [0.2, 0.25) is 0 Å². The van der Waals surface area contributed by atoms with E-state index in [1.165, 1.54) is 12.1 Å². The SMILES string of the molecule is CC=CNCc1cc(Oc2ccc(C(F)(F)F)cc2)c2ncccc2c1. The second kappa shape index (κ2) is 7.47. The number of ether oxygens (including phenoxy) is 1. The molecule has 0 radical (unpaired) electrons. The lowest BCUT2D eigenvalue weighted by molar-refractivity contribution is -0.137. The number of halogens is 3. The Bertz CT molecular complexity index is 918. The van der Waals surface area contributed by atoms with Crippen molar-refractivity contribution in [2.45, 2.75) is 19.6 Å². The van der Waals surface area contributed by atoms with Crippen molar-refractivity contribution in [3.63, 3.8) is 0 Å². The van der Waals surface area contributed by atoms with Gasteiger partial charge in [-0.15, -0.1) is 0 Å². The fourth-order valence-corrected chi connectivity index (χ4v) is 2.53. The van der Waals surface area contributed by atoms with Crippen molar-refractivity contribution < 1.29 is 17.9 Å². The van der Waals surface area contributed by atoms with E-state index < -0.39 is 11.7 Å². The lowest BCUT2D eigenvalue weighted by atomic mass is 10.1. The molecule has 3 nitrogen and oxygen atoms in total. The predicted molar refractivity (Wildman–Crippen MR) is 94.9 cm³/mol. The van der Waals surface area contributed by atoms with Gasteiger partial charge in [-0.2, -0.15) is 13.2 Å². The van der Waals surface area contributed by atoms with Crippen molar-refractivity contribution in [2.75, 3.05) is 0 Å². The van der Waals surface area contributed by atoms with Crippen LogP contribution < -0.4 is 10.1 Å². The molecule has 3 aromatic rings. The smallest absolute Gasteiger partial charge is 0.416 e. The van der Waals surface area contributed by atoms with Gasteiger partial charge < -0.3 is 10.1 Å². The Balaban J connectivity index is 1.92. The molecule has 0 aliphatic rings. The van der Waals surface area contributed by atoms with Crippen LogP contribution in [-0.4, -0.2) is 4.98 Å². The first kappa shape index (κ1) is 17.8. The van der Waals surface area contributed by atoms with Gasteiger partial charge >= 0.3 is 6.18 Å². The summed E-state index contributed by atoms with van der Waals surface area (Å²) in [7, 11) is 0. The highest BCUT2D eigenvalue weighted by Gasteiger charge is 2.30. The molecule has 0 amide bonds. The Labute approximate surface area is 149 Å². The molecule has 0 saturated carbocycles. The number of hydrogen-bond donors (Lipinski definition) is 1. The minimum Gasteiger partial charge on any atom is -0.455 e. The first-order valence-electron chi connectivity index (χ1n) is 8.04. The van der Waals surface area contributed by atoms with Gasteiger partial charge in [-0.1, -0.05) is 12.1 Å². The summed E-state index contributed by atoms with van der Waals surface area (Å²) in [5.41, 5.74) is 0.921. The zero-order chi connectivity index (χ0) is 18.6. The highest BCUT2D eigenvalue weighted by Crippen LogP contribution is 2.33. The maximum absolute atomic E-state index is 12.7. The molecule has 0 aliphatic carbocycles. The number of fused-ring (bicyclic) bond motifs is 1. The lowest BCUT2D eigenvalue weighted by Gasteiger charge is -2.12. The lowest BCUT2D eigenvalue weighted by Crippen LogP contribution is -2.05. The maximum atomic E-state index is 12.7. The molecule has 6 heteroatoms. The highest BCUT2D eigenvalue weighted by atomic mass is 19.4. The third-order valence-electron chi connectivity index (χ3n) is 3.73. The fraction of sp³-hybridized carbons (Fsp3) is 0.150. The summed E-state index contributed by atoms with van der Waals surface area (Å²) in [6, 6.07) is 12.2. The molecule has 0 aliphatic heterocycles. The van der Waals surface area contributed by atoms with Gasteiger partial charge in [0.25, 0.3) is 0 Å². The predicted octanol–water partition coefficient (Wildman–Crippen LogP) is 5.67. The van der Waals surface area contributed by atoms with Gasteiger partial charge in [0, 0.05) is 18.1 Å². The van der Waals surface area contributed by atoms with E-state index in [-0.39, 0.29) is 0 Å². The number of nitrogens with one attached hydrogen (secondary N) is 1. The van der Waals surface area contributed by atoms with Crippen LogP contribution in [0.4, 0.5) is 13.2 Å². The van der Waals surface area contributed by atoms with Gasteiger partial charge in [-0.25, -0.2) is 0 Å². The topological polar surface area (TPSA) is 34.1 Å². The fourth-order valence-electron chi connectivity index (χ4n) is 2.53. The number of benzene rings is 2. The molecule has 134 valence electrons. The van der Waals surface area contributed by atoms with E-state index in [2.05, 4.69) is 10.3 Å². The molecule has 0 saturated heterocycles. The van der Waals surface area contributed by atoms with Crippen LogP contribution in [0.1, 0.15) is 18.1 Å². The maximum Gasteiger partial charge on any atom is 0.416 e. The summed E-state index contributed by atoms with van der Waals surface area (Å²) in [6.45, 7) is 2.51. The Morgan fingerprint density at radius 3 is 2.58 bits per heavy atom. The molecule has 0 bridgehead atoms. The normalized spacial score (nSPS) is 11.8. The van der Waals surface area contributed by atoms with Gasteiger partial charge in [-0.3, -0.25) is 4.98 Å². The van der Waals surface area contributed by atoms with Crippen LogP contribution in [0.15, 0.2) is 67.0 Å². The molecule has 3 rings (SSSR count). The van der Waals surface area contributed by atoms with Crippen LogP contribution in [-0.2, 0) is 12.7 Å². The van der Waals surface area contributed by atoms with Crippen LogP contribution >= 0.6 is 0 Å². The van der Waals surface area contributed by atoms with Crippen molar-refractivity contribution >= 4 is 10.9 Å². The van der Waals surface area contributed by atoms with Crippen molar-refractivity contribution in [1.29, 1.82) is 0 Å². The van der Waals surface area contributed by atoms with E-state index >= 15 is 0 Å². The van der Waals surface area contributed by atoms with Crippen LogP contribution in [0.5, 0.6) is 11.5 Å². The molecule has 0 spiro atoms. The Morgan fingerprint density at radius 1 is 1.12 bits per heavy atom.